The Hall–Kier alpha value is -3.25. The largest absolute Gasteiger partial charge is 0.281 e. The van der Waals surface area contributed by atoms with E-state index in [4.69, 9.17) is 0 Å². The summed E-state index contributed by atoms with van der Waals surface area (Å²) in [5.41, 5.74) is 6.26. The van der Waals surface area contributed by atoms with Crippen molar-refractivity contribution in [2.45, 2.75) is 13.8 Å². The van der Waals surface area contributed by atoms with Crippen LogP contribution in [-0.2, 0) is 0 Å². The number of aryl methyl sites for hydroxylation is 1. The van der Waals surface area contributed by atoms with Crippen molar-refractivity contribution in [1.82, 2.24) is 15.2 Å². The summed E-state index contributed by atoms with van der Waals surface area (Å²) in [6, 6.07) is 21.6. The highest BCUT2D eigenvalue weighted by atomic mass is 32.1. The Morgan fingerprint density at radius 3 is 2.44 bits per heavy atom. The molecule has 0 spiro atoms. The standard InChI is InChI=1S/C21H18N4OS/c1-14(16-9-5-3-6-10-16)22-23-20(26)19-13-18-15(2)24-25(21(18)27-19)17-11-7-4-8-12-17/h3-13H,1-2H3,(H,23,26)/b22-14-. The van der Waals surface area contributed by atoms with Gasteiger partial charge >= 0.3 is 0 Å². The van der Waals surface area contributed by atoms with Crippen LogP contribution in [0.4, 0.5) is 0 Å². The summed E-state index contributed by atoms with van der Waals surface area (Å²) in [5, 5.41) is 9.82. The Balaban J connectivity index is 1.62. The number of aromatic nitrogens is 2. The van der Waals surface area contributed by atoms with E-state index in [0.717, 1.165) is 32.9 Å². The number of hydrogen-bond donors (Lipinski definition) is 1. The molecule has 0 unspecified atom stereocenters. The first kappa shape index (κ1) is 17.2. The van der Waals surface area contributed by atoms with Gasteiger partial charge in [-0.05, 0) is 37.6 Å². The molecular weight excluding hydrogens is 356 g/mol. The Morgan fingerprint density at radius 2 is 1.74 bits per heavy atom. The second kappa shape index (κ2) is 7.17. The van der Waals surface area contributed by atoms with E-state index >= 15 is 0 Å². The van der Waals surface area contributed by atoms with Crippen molar-refractivity contribution in [1.29, 1.82) is 0 Å². The predicted molar refractivity (Wildman–Crippen MR) is 110 cm³/mol. The van der Waals surface area contributed by atoms with Crippen LogP contribution in [0, 0.1) is 6.92 Å². The van der Waals surface area contributed by atoms with Crippen molar-refractivity contribution in [2.75, 3.05) is 0 Å². The second-order valence-electron chi connectivity index (χ2n) is 6.17. The zero-order valence-corrected chi connectivity index (χ0v) is 15.8. The van der Waals surface area contributed by atoms with Gasteiger partial charge in [0, 0.05) is 5.39 Å². The quantitative estimate of drug-likeness (QED) is 0.421. The second-order valence-corrected chi connectivity index (χ2v) is 7.20. The number of amides is 1. The first-order valence-corrected chi connectivity index (χ1v) is 9.40. The van der Waals surface area contributed by atoms with E-state index in [1.165, 1.54) is 11.3 Å². The van der Waals surface area contributed by atoms with Gasteiger partial charge in [0.1, 0.15) is 4.83 Å². The molecule has 27 heavy (non-hydrogen) atoms. The number of fused-ring (bicyclic) bond motifs is 1. The SMILES string of the molecule is C/C(=N/NC(=O)c1cc2c(C)nn(-c3ccccc3)c2s1)c1ccccc1. The molecule has 6 heteroatoms. The minimum absolute atomic E-state index is 0.217. The zero-order chi connectivity index (χ0) is 18.8. The van der Waals surface area contributed by atoms with Gasteiger partial charge in [0.15, 0.2) is 0 Å². The van der Waals surface area contributed by atoms with Crippen LogP contribution < -0.4 is 5.43 Å². The fourth-order valence-corrected chi connectivity index (χ4v) is 3.91. The van der Waals surface area contributed by atoms with Crippen molar-refractivity contribution in [3.8, 4) is 5.69 Å². The minimum Gasteiger partial charge on any atom is -0.266 e. The van der Waals surface area contributed by atoms with Crippen molar-refractivity contribution in [2.24, 2.45) is 5.10 Å². The molecule has 0 aliphatic heterocycles. The van der Waals surface area contributed by atoms with E-state index in [2.05, 4.69) is 15.6 Å². The number of para-hydroxylation sites is 1. The fourth-order valence-electron chi connectivity index (χ4n) is 2.84. The third kappa shape index (κ3) is 3.39. The summed E-state index contributed by atoms with van der Waals surface area (Å²) >= 11 is 1.41. The molecule has 5 nitrogen and oxygen atoms in total. The number of rotatable bonds is 4. The molecule has 0 fully saturated rings. The lowest BCUT2D eigenvalue weighted by atomic mass is 10.1. The van der Waals surface area contributed by atoms with Gasteiger partial charge in [-0.15, -0.1) is 11.3 Å². The third-order valence-electron chi connectivity index (χ3n) is 4.29. The van der Waals surface area contributed by atoms with Crippen LogP contribution in [0.2, 0.25) is 0 Å². The lowest BCUT2D eigenvalue weighted by Crippen LogP contribution is -2.18. The fraction of sp³-hybridized carbons (Fsp3) is 0.0952. The first-order chi connectivity index (χ1) is 13.1. The number of nitrogens with one attached hydrogen (secondary N) is 1. The highest BCUT2D eigenvalue weighted by molar-refractivity contribution is 7.20. The average molecular weight is 374 g/mol. The molecular formula is C21H18N4OS. The van der Waals surface area contributed by atoms with Crippen molar-refractivity contribution < 1.29 is 4.79 Å². The van der Waals surface area contributed by atoms with E-state index in [0.29, 0.717) is 4.88 Å². The molecule has 2 aromatic heterocycles. The topological polar surface area (TPSA) is 59.3 Å². The smallest absolute Gasteiger partial charge is 0.266 e. The van der Waals surface area contributed by atoms with Crippen molar-refractivity contribution in [3.05, 3.63) is 82.9 Å². The van der Waals surface area contributed by atoms with E-state index in [9.17, 15) is 4.79 Å². The molecule has 0 saturated heterocycles. The van der Waals surface area contributed by atoms with Gasteiger partial charge in [-0.1, -0.05) is 48.5 Å². The molecule has 1 N–H and O–H groups in total. The van der Waals surface area contributed by atoms with Crippen LogP contribution in [0.3, 0.4) is 0 Å². The first-order valence-electron chi connectivity index (χ1n) is 8.58. The molecule has 0 bridgehead atoms. The summed E-state index contributed by atoms with van der Waals surface area (Å²) in [5.74, 6) is -0.217. The van der Waals surface area contributed by atoms with Crippen LogP contribution in [0.25, 0.3) is 15.9 Å². The van der Waals surface area contributed by atoms with Crippen molar-refractivity contribution in [3.63, 3.8) is 0 Å². The van der Waals surface area contributed by atoms with Crippen LogP contribution in [0.5, 0.6) is 0 Å². The summed E-state index contributed by atoms with van der Waals surface area (Å²) in [7, 11) is 0. The summed E-state index contributed by atoms with van der Waals surface area (Å²) in [4.78, 5) is 14.1. The third-order valence-corrected chi connectivity index (χ3v) is 5.40. The van der Waals surface area contributed by atoms with Gasteiger partial charge in [0.2, 0.25) is 0 Å². The molecule has 4 rings (SSSR count). The molecule has 134 valence electrons. The number of nitrogens with zero attached hydrogens (tertiary/aromatic N) is 3. The molecule has 1 amide bonds. The lowest BCUT2D eigenvalue weighted by Gasteiger charge is -2.02. The van der Waals surface area contributed by atoms with E-state index in [1.807, 2.05) is 85.3 Å². The maximum absolute atomic E-state index is 12.6. The van der Waals surface area contributed by atoms with E-state index < -0.39 is 0 Å². The number of thiophene rings is 1. The lowest BCUT2D eigenvalue weighted by molar-refractivity contribution is 0.0959. The molecule has 2 aromatic carbocycles. The number of carbonyl (C=O) groups is 1. The molecule has 0 saturated carbocycles. The van der Waals surface area contributed by atoms with E-state index in [1.54, 1.807) is 0 Å². The maximum Gasteiger partial charge on any atom is 0.281 e. The normalized spacial score (nSPS) is 11.7. The number of carbonyl (C=O) groups excluding carboxylic acids is 1. The molecule has 0 radical (unpaired) electrons. The van der Waals surface area contributed by atoms with Gasteiger partial charge in [0.05, 0.1) is 22.0 Å². The van der Waals surface area contributed by atoms with Gasteiger partial charge < -0.3 is 0 Å². The van der Waals surface area contributed by atoms with E-state index in [-0.39, 0.29) is 5.91 Å². The Labute approximate surface area is 161 Å². The Morgan fingerprint density at radius 1 is 1.07 bits per heavy atom. The van der Waals surface area contributed by atoms with Gasteiger partial charge in [-0.2, -0.15) is 10.2 Å². The highest BCUT2D eigenvalue weighted by Crippen LogP contribution is 2.30. The number of hydrogen-bond acceptors (Lipinski definition) is 4. The van der Waals surface area contributed by atoms with Crippen LogP contribution in [0.1, 0.15) is 27.9 Å². The minimum atomic E-state index is -0.217. The summed E-state index contributed by atoms with van der Waals surface area (Å²) in [6.07, 6.45) is 0. The molecule has 2 heterocycles. The maximum atomic E-state index is 12.6. The van der Waals surface area contributed by atoms with Crippen LogP contribution in [0.15, 0.2) is 71.8 Å². The molecule has 0 aliphatic carbocycles. The van der Waals surface area contributed by atoms with Crippen molar-refractivity contribution >= 4 is 33.2 Å². The Bertz CT molecular complexity index is 1130. The predicted octanol–water partition coefficient (Wildman–Crippen LogP) is 4.55. The highest BCUT2D eigenvalue weighted by Gasteiger charge is 2.17. The Kier molecular flexibility index (Phi) is 4.56. The molecule has 4 aromatic rings. The summed E-state index contributed by atoms with van der Waals surface area (Å²) < 4.78 is 1.88. The zero-order valence-electron chi connectivity index (χ0n) is 15.0. The molecule has 0 atom stereocenters. The van der Waals surface area contributed by atoms with Gasteiger partial charge in [-0.3, -0.25) is 4.79 Å². The van der Waals surface area contributed by atoms with Crippen LogP contribution in [-0.4, -0.2) is 21.4 Å². The number of benzene rings is 2. The number of hydrazone groups is 1. The summed E-state index contributed by atoms with van der Waals surface area (Å²) in [6.45, 7) is 3.83. The average Bonchev–Trinajstić information content (AvgIpc) is 3.28. The van der Waals surface area contributed by atoms with Gasteiger partial charge in [-0.25, -0.2) is 10.1 Å². The monoisotopic (exact) mass is 374 g/mol. The molecule has 0 aliphatic rings. The van der Waals surface area contributed by atoms with Gasteiger partial charge in [0.25, 0.3) is 5.91 Å². The van der Waals surface area contributed by atoms with Crippen LogP contribution >= 0.6 is 11.3 Å².